The van der Waals surface area contributed by atoms with Crippen molar-refractivity contribution in [3.05, 3.63) is 29.3 Å². The number of aryl methyl sites for hydroxylation is 2. The van der Waals surface area contributed by atoms with Crippen molar-refractivity contribution in [1.82, 2.24) is 19.7 Å². The van der Waals surface area contributed by atoms with Gasteiger partial charge < -0.3 is 0 Å². The standard InChI is InChI=1S/C9H9ClN4/c1-6-5-8(12-9(10)11-6)7-3-4-14(2)13-7/h3-5H,1-2H3. The summed E-state index contributed by atoms with van der Waals surface area (Å²) in [5.74, 6) is 0. The van der Waals surface area contributed by atoms with Crippen LogP contribution in [0.25, 0.3) is 11.4 Å². The van der Waals surface area contributed by atoms with E-state index in [0.717, 1.165) is 17.1 Å². The fraction of sp³-hybridized carbons (Fsp3) is 0.222. The van der Waals surface area contributed by atoms with Crippen LogP contribution in [0.4, 0.5) is 0 Å². The maximum atomic E-state index is 5.75. The van der Waals surface area contributed by atoms with Crippen molar-refractivity contribution < 1.29 is 0 Å². The fourth-order valence-electron chi connectivity index (χ4n) is 1.22. The molecular weight excluding hydrogens is 200 g/mol. The van der Waals surface area contributed by atoms with Crippen LogP contribution in [0.2, 0.25) is 5.28 Å². The molecule has 0 saturated carbocycles. The van der Waals surface area contributed by atoms with E-state index in [4.69, 9.17) is 11.6 Å². The topological polar surface area (TPSA) is 43.6 Å². The molecule has 0 saturated heterocycles. The molecule has 0 aliphatic heterocycles. The summed E-state index contributed by atoms with van der Waals surface area (Å²) in [4.78, 5) is 8.08. The van der Waals surface area contributed by atoms with Gasteiger partial charge in [0.15, 0.2) is 0 Å². The van der Waals surface area contributed by atoms with E-state index in [1.807, 2.05) is 32.3 Å². The van der Waals surface area contributed by atoms with Crippen LogP contribution < -0.4 is 0 Å². The Labute approximate surface area is 86.6 Å². The van der Waals surface area contributed by atoms with Crippen LogP contribution in [-0.4, -0.2) is 19.7 Å². The van der Waals surface area contributed by atoms with E-state index in [9.17, 15) is 0 Å². The summed E-state index contributed by atoms with van der Waals surface area (Å²) in [6.07, 6.45) is 1.86. The zero-order valence-corrected chi connectivity index (χ0v) is 8.65. The number of nitrogens with zero attached hydrogens (tertiary/aromatic N) is 4. The Morgan fingerprint density at radius 3 is 2.64 bits per heavy atom. The van der Waals surface area contributed by atoms with Crippen molar-refractivity contribution in [1.29, 1.82) is 0 Å². The molecule has 2 aromatic heterocycles. The highest BCUT2D eigenvalue weighted by Crippen LogP contribution is 2.16. The Kier molecular flexibility index (Phi) is 2.21. The molecule has 0 aliphatic carbocycles. The second-order valence-electron chi connectivity index (χ2n) is 3.04. The van der Waals surface area contributed by atoms with E-state index >= 15 is 0 Å². The second-order valence-corrected chi connectivity index (χ2v) is 3.38. The minimum absolute atomic E-state index is 0.255. The molecule has 72 valence electrons. The number of halogens is 1. The van der Waals surface area contributed by atoms with Crippen molar-refractivity contribution >= 4 is 11.6 Å². The SMILES string of the molecule is Cc1cc(-c2ccn(C)n2)nc(Cl)n1. The molecule has 5 heteroatoms. The molecule has 4 nitrogen and oxygen atoms in total. The summed E-state index contributed by atoms with van der Waals surface area (Å²) in [6.45, 7) is 1.88. The molecule has 0 atom stereocenters. The van der Waals surface area contributed by atoms with Crippen LogP contribution in [-0.2, 0) is 7.05 Å². The zero-order chi connectivity index (χ0) is 10.1. The van der Waals surface area contributed by atoms with Crippen molar-refractivity contribution in [2.45, 2.75) is 6.92 Å². The lowest BCUT2D eigenvalue weighted by Gasteiger charge is -1.98. The summed E-state index contributed by atoms with van der Waals surface area (Å²) in [6, 6.07) is 3.74. The normalized spacial score (nSPS) is 10.5. The average Bonchev–Trinajstić information content (AvgIpc) is 2.50. The Balaban J connectivity index is 2.51. The van der Waals surface area contributed by atoms with Gasteiger partial charge in [-0.05, 0) is 30.7 Å². The van der Waals surface area contributed by atoms with Crippen LogP contribution in [0.1, 0.15) is 5.69 Å². The predicted octanol–water partition coefficient (Wildman–Crippen LogP) is 1.84. The number of rotatable bonds is 1. The zero-order valence-electron chi connectivity index (χ0n) is 7.90. The van der Waals surface area contributed by atoms with Crippen molar-refractivity contribution in [3.8, 4) is 11.4 Å². The minimum Gasteiger partial charge on any atom is -0.275 e. The van der Waals surface area contributed by atoms with Crippen LogP contribution in [0.15, 0.2) is 18.3 Å². The van der Waals surface area contributed by atoms with Gasteiger partial charge in [-0.1, -0.05) is 0 Å². The highest BCUT2D eigenvalue weighted by Gasteiger charge is 2.05. The quantitative estimate of drug-likeness (QED) is 0.672. The Hall–Kier alpha value is -1.42. The molecule has 0 fully saturated rings. The third kappa shape index (κ3) is 1.75. The highest BCUT2D eigenvalue weighted by molar-refractivity contribution is 6.28. The lowest BCUT2D eigenvalue weighted by Crippen LogP contribution is -1.93. The molecule has 0 bridgehead atoms. The third-order valence-electron chi connectivity index (χ3n) is 1.80. The molecule has 2 heterocycles. The lowest BCUT2D eigenvalue weighted by molar-refractivity contribution is 0.769. The van der Waals surface area contributed by atoms with E-state index < -0.39 is 0 Å². The molecule has 0 amide bonds. The summed E-state index contributed by atoms with van der Waals surface area (Å²) >= 11 is 5.75. The molecule has 14 heavy (non-hydrogen) atoms. The van der Waals surface area contributed by atoms with Crippen LogP contribution in [0.3, 0.4) is 0 Å². The van der Waals surface area contributed by atoms with Gasteiger partial charge in [0.1, 0.15) is 5.69 Å². The van der Waals surface area contributed by atoms with Crippen LogP contribution in [0.5, 0.6) is 0 Å². The largest absolute Gasteiger partial charge is 0.275 e. The lowest BCUT2D eigenvalue weighted by atomic mass is 10.3. The molecule has 0 N–H and O–H groups in total. The van der Waals surface area contributed by atoms with Gasteiger partial charge in [-0.3, -0.25) is 4.68 Å². The number of aromatic nitrogens is 4. The van der Waals surface area contributed by atoms with Crippen LogP contribution >= 0.6 is 11.6 Å². The summed E-state index contributed by atoms with van der Waals surface area (Å²) < 4.78 is 1.72. The first kappa shape index (κ1) is 9.15. The predicted molar refractivity (Wildman–Crippen MR) is 54.0 cm³/mol. The van der Waals surface area contributed by atoms with E-state index in [-0.39, 0.29) is 5.28 Å². The van der Waals surface area contributed by atoms with E-state index in [1.54, 1.807) is 4.68 Å². The Morgan fingerprint density at radius 1 is 1.29 bits per heavy atom. The van der Waals surface area contributed by atoms with Gasteiger partial charge in [0.25, 0.3) is 0 Å². The summed E-state index contributed by atoms with van der Waals surface area (Å²) in [5, 5.41) is 4.49. The van der Waals surface area contributed by atoms with Gasteiger partial charge in [0.05, 0.1) is 5.69 Å². The van der Waals surface area contributed by atoms with Gasteiger partial charge in [-0.2, -0.15) is 5.10 Å². The molecular formula is C9H9ClN4. The number of hydrogen-bond acceptors (Lipinski definition) is 3. The first-order valence-electron chi connectivity index (χ1n) is 4.16. The Morgan fingerprint density at radius 2 is 2.07 bits per heavy atom. The van der Waals surface area contributed by atoms with E-state index in [0.29, 0.717) is 0 Å². The van der Waals surface area contributed by atoms with E-state index in [1.165, 1.54) is 0 Å². The number of hydrogen-bond donors (Lipinski definition) is 0. The highest BCUT2D eigenvalue weighted by atomic mass is 35.5. The molecule has 0 unspecified atom stereocenters. The van der Waals surface area contributed by atoms with Gasteiger partial charge in [-0.25, -0.2) is 9.97 Å². The first-order chi connectivity index (χ1) is 6.65. The maximum absolute atomic E-state index is 5.75. The van der Waals surface area contributed by atoms with E-state index in [2.05, 4.69) is 15.1 Å². The van der Waals surface area contributed by atoms with Gasteiger partial charge in [0.2, 0.25) is 5.28 Å². The molecule has 2 aromatic rings. The van der Waals surface area contributed by atoms with Crippen molar-refractivity contribution in [2.24, 2.45) is 7.05 Å². The second kappa shape index (κ2) is 3.38. The third-order valence-corrected chi connectivity index (χ3v) is 1.97. The molecule has 2 rings (SSSR count). The fourth-order valence-corrected chi connectivity index (χ4v) is 1.44. The van der Waals surface area contributed by atoms with Crippen molar-refractivity contribution in [3.63, 3.8) is 0 Å². The average molecular weight is 209 g/mol. The summed E-state index contributed by atoms with van der Waals surface area (Å²) in [7, 11) is 1.86. The summed E-state index contributed by atoms with van der Waals surface area (Å²) in [5.41, 5.74) is 2.40. The minimum atomic E-state index is 0.255. The van der Waals surface area contributed by atoms with Gasteiger partial charge >= 0.3 is 0 Å². The molecule has 0 aromatic carbocycles. The molecule has 0 radical (unpaired) electrons. The smallest absolute Gasteiger partial charge is 0.223 e. The maximum Gasteiger partial charge on any atom is 0.223 e. The first-order valence-corrected chi connectivity index (χ1v) is 4.54. The van der Waals surface area contributed by atoms with Crippen molar-refractivity contribution in [2.75, 3.05) is 0 Å². The van der Waals surface area contributed by atoms with Crippen LogP contribution in [0, 0.1) is 6.92 Å². The monoisotopic (exact) mass is 208 g/mol. The van der Waals surface area contributed by atoms with Gasteiger partial charge in [0, 0.05) is 18.9 Å². The molecule has 0 aliphatic rings. The Bertz CT molecular complexity index is 443. The molecule has 0 spiro atoms. The van der Waals surface area contributed by atoms with Gasteiger partial charge in [-0.15, -0.1) is 0 Å².